The Balaban J connectivity index is 2.37. The summed E-state index contributed by atoms with van der Waals surface area (Å²) < 4.78 is 13.6. The van der Waals surface area contributed by atoms with Crippen LogP contribution in [0.15, 0.2) is 36.4 Å². The van der Waals surface area contributed by atoms with Crippen LogP contribution in [0.5, 0.6) is 0 Å². The van der Waals surface area contributed by atoms with E-state index in [2.05, 4.69) is 5.32 Å². The summed E-state index contributed by atoms with van der Waals surface area (Å²) in [5, 5.41) is 3.02. The first-order valence-corrected chi connectivity index (χ1v) is 5.45. The Kier molecular flexibility index (Phi) is 3.00. The zero-order valence-electron chi connectivity index (χ0n) is 9.92. The van der Waals surface area contributed by atoms with Gasteiger partial charge in [0.1, 0.15) is 5.82 Å². The highest BCUT2D eigenvalue weighted by Crippen LogP contribution is 2.26. The highest BCUT2D eigenvalue weighted by atomic mass is 19.1. The number of anilines is 3. The van der Waals surface area contributed by atoms with Gasteiger partial charge >= 0.3 is 0 Å². The third-order valence-electron chi connectivity index (χ3n) is 2.60. The topological polar surface area (TPSA) is 38.0 Å². The largest absolute Gasteiger partial charge is 0.397 e. The van der Waals surface area contributed by atoms with Crippen LogP contribution in [0, 0.1) is 19.7 Å². The van der Waals surface area contributed by atoms with Crippen molar-refractivity contribution in [2.75, 3.05) is 11.1 Å². The van der Waals surface area contributed by atoms with Gasteiger partial charge in [0.25, 0.3) is 0 Å². The lowest BCUT2D eigenvalue weighted by molar-refractivity contribution is 0.631. The third kappa shape index (κ3) is 2.56. The minimum Gasteiger partial charge on any atom is -0.397 e. The molecule has 2 nitrogen and oxygen atoms in total. The molecule has 0 saturated heterocycles. The predicted molar refractivity (Wildman–Crippen MR) is 70.0 cm³/mol. The zero-order valence-corrected chi connectivity index (χ0v) is 9.92. The molecule has 0 aromatic heterocycles. The molecular weight excluding hydrogens is 215 g/mol. The molecule has 2 rings (SSSR count). The Hall–Kier alpha value is -2.03. The number of hydrogen-bond donors (Lipinski definition) is 2. The van der Waals surface area contributed by atoms with Crippen LogP contribution >= 0.6 is 0 Å². The van der Waals surface area contributed by atoms with E-state index in [-0.39, 0.29) is 5.82 Å². The lowest BCUT2D eigenvalue weighted by Crippen LogP contribution is -1.99. The van der Waals surface area contributed by atoms with Crippen LogP contribution in [0.2, 0.25) is 0 Å². The summed E-state index contributed by atoms with van der Waals surface area (Å²) in [6.45, 7) is 3.89. The molecule has 3 heteroatoms. The molecule has 0 spiro atoms. The first-order valence-electron chi connectivity index (χ1n) is 5.45. The molecule has 17 heavy (non-hydrogen) atoms. The summed E-state index contributed by atoms with van der Waals surface area (Å²) in [4.78, 5) is 0. The van der Waals surface area contributed by atoms with Gasteiger partial charge in [0.15, 0.2) is 0 Å². The molecule has 0 aliphatic carbocycles. The van der Waals surface area contributed by atoms with Crippen molar-refractivity contribution >= 4 is 17.1 Å². The van der Waals surface area contributed by atoms with E-state index < -0.39 is 0 Å². The van der Waals surface area contributed by atoms with Gasteiger partial charge in [-0.3, -0.25) is 0 Å². The van der Waals surface area contributed by atoms with Crippen LogP contribution in [-0.4, -0.2) is 0 Å². The number of aryl methyl sites for hydroxylation is 2. The fourth-order valence-electron chi connectivity index (χ4n) is 1.66. The number of benzene rings is 2. The first kappa shape index (κ1) is 11.5. The summed E-state index contributed by atoms with van der Waals surface area (Å²) in [6.07, 6.45) is 0. The third-order valence-corrected chi connectivity index (χ3v) is 2.60. The molecule has 0 unspecified atom stereocenters. The second kappa shape index (κ2) is 4.45. The molecule has 0 saturated carbocycles. The van der Waals surface area contributed by atoms with E-state index in [1.807, 2.05) is 32.0 Å². The van der Waals surface area contributed by atoms with Crippen LogP contribution in [0.25, 0.3) is 0 Å². The maximum absolute atomic E-state index is 13.6. The molecule has 0 heterocycles. The summed E-state index contributed by atoms with van der Waals surface area (Å²) in [5.74, 6) is -0.281. The molecule has 2 aromatic rings. The highest BCUT2D eigenvalue weighted by molar-refractivity contribution is 5.73. The smallest absolute Gasteiger partial charge is 0.146 e. The fraction of sp³-hybridized carbons (Fsp3) is 0.143. The SMILES string of the molecule is Cc1ccc(N)c(Nc2cc(C)ccc2F)c1. The van der Waals surface area contributed by atoms with Gasteiger partial charge in [-0.1, -0.05) is 12.1 Å². The zero-order chi connectivity index (χ0) is 12.4. The van der Waals surface area contributed by atoms with Gasteiger partial charge in [0, 0.05) is 0 Å². The van der Waals surface area contributed by atoms with Crippen molar-refractivity contribution in [1.82, 2.24) is 0 Å². The summed E-state index contributed by atoms with van der Waals surface area (Å²) >= 11 is 0. The molecular formula is C14H15FN2. The number of halogens is 1. The van der Waals surface area contributed by atoms with Crippen molar-refractivity contribution < 1.29 is 4.39 Å². The monoisotopic (exact) mass is 230 g/mol. The molecule has 3 N–H and O–H groups in total. The van der Waals surface area contributed by atoms with Gasteiger partial charge < -0.3 is 11.1 Å². The number of nitrogen functional groups attached to an aromatic ring is 1. The first-order chi connectivity index (χ1) is 8.06. The van der Waals surface area contributed by atoms with Gasteiger partial charge in [-0.15, -0.1) is 0 Å². The van der Waals surface area contributed by atoms with Gasteiger partial charge in [-0.25, -0.2) is 4.39 Å². The quantitative estimate of drug-likeness (QED) is 0.771. The second-order valence-electron chi connectivity index (χ2n) is 4.20. The standard InChI is InChI=1S/C14H15FN2/c1-9-3-5-11(15)13(7-9)17-14-8-10(2)4-6-12(14)16/h3-8,17H,16H2,1-2H3. The fourth-order valence-corrected chi connectivity index (χ4v) is 1.66. The van der Waals surface area contributed by atoms with Crippen LogP contribution in [0.1, 0.15) is 11.1 Å². The minimum atomic E-state index is -0.281. The van der Waals surface area contributed by atoms with Crippen molar-refractivity contribution in [3.05, 3.63) is 53.3 Å². The Bertz CT molecular complexity index is 500. The average Bonchev–Trinajstić information content (AvgIpc) is 2.28. The molecule has 0 aliphatic heterocycles. The molecule has 0 atom stereocenters. The minimum absolute atomic E-state index is 0.281. The maximum Gasteiger partial charge on any atom is 0.146 e. The Morgan fingerprint density at radius 2 is 1.53 bits per heavy atom. The van der Waals surface area contributed by atoms with E-state index in [0.717, 1.165) is 16.8 Å². The maximum atomic E-state index is 13.6. The van der Waals surface area contributed by atoms with Crippen LogP contribution in [-0.2, 0) is 0 Å². The summed E-state index contributed by atoms with van der Waals surface area (Å²) in [5.41, 5.74) is 9.70. The van der Waals surface area contributed by atoms with E-state index in [4.69, 9.17) is 5.73 Å². The van der Waals surface area contributed by atoms with Gasteiger partial charge in [0.2, 0.25) is 0 Å². The van der Waals surface area contributed by atoms with Gasteiger partial charge in [-0.05, 0) is 49.2 Å². The molecule has 0 amide bonds. The van der Waals surface area contributed by atoms with Crippen molar-refractivity contribution in [3.8, 4) is 0 Å². The van der Waals surface area contributed by atoms with Crippen molar-refractivity contribution in [2.24, 2.45) is 0 Å². The normalized spacial score (nSPS) is 10.3. The Labute approximate surface area is 100 Å². The van der Waals surface area contributed by atoms with Crippen LogP contribution in [0.4, 0.5) is 21.5 Å². The van der Waals surface area contributed by atoms with Crippen molar-refractivity contribution in [2.45, 2.75) is 13.8 Å². The number of nitrogens with two attached hydrogens (primary N) is 1. The van der Waals surface area contributed by atoms with E-state index in [9.17, 15) is 4.39 Å². The molecule has 0 fully saturated rings. The van der Waals surface area contributed by atoms with Crippen LogP contribution < -0.4 is 11.1 Å². The Morgan fingerprint density at radius 3 is 2.24 bits per heavy atom. The van der Waals surface area contributed by atoms with E-state index >= 15 is 0 Å². The van der Waals surface area contributed by atoms with Crippen molar-refractivity contribution in [1.29, 1.82) is 0 Å². The average molecular weight is 230 g/mol. The number of rotatable bonds is 2. The molecule has 0 bridgehead atoms. The number of hydrogen-bond acceptors (Lipinski definition) is 2. The molecule has 0 radical (unpaired) electrons. The summed E-state index contributed by atoms with van der Waals surface area (Å²) in [6, 6.07) is 10.6. The highest BCUT2D eigenvalue weighted by Gasteiger charge is 2.05. The molecule has 0 aliphatic rings. The second-order valence-corrected chi connectivity index (χ2v) is 4.20. The summed E-state index contributed by atoms with van der Waals surface area (Å²) in [7, 11) is 0. The van der Waals surface area contributed by atoms with E-state index in [1.165, 1.54) is 6.07 Å². The molecule has 2 aromatic carbocycles. The number of nitrogens with one attached hydrogen (secondary N) is 1. The van der Waals surface area contributed by atoms with E-state index in [0.29, 0.717) is 11.4 Å². The van der Waals surface area contributed by atoms with Crippen LogP contribution in [0.3, 0.4) is 0 Å². The van der Waals surface area contributed by atoms with E-state index in [1.54, 1.807) is 12.1 Å². The molecule has 88 valence electrons. The Morgan fingerprint density at radius 1 is 0.941 bits per heavy atom. The predicted octanol–water partition coefficient (Wildman–Crippen LogP) is 3.77. The van der Waals surface area contributed by atoms with Gasteiger partial charge in [-0.2, -0.15) is 0 Å². The van der Waals surface area contributed by atoms with Gasteiger partial charge in [0.05, 0.1) is 17.1 Å². The van der Waals surface area contributed by atoms with Crippen molar-refractivity contribution in [3.63, 3.8) is 0 Å². The lowest BCUT2D eigenvalue weighted by atomic mass is 10.1. The lowest BCUT2D eigenvalue weighted by Gasteiger charge is -2.11.